The van der Waals surface area contributed by atoms with E-state index in [4.69, 9.17) is 9.47 Å². The van der Waals surface area contributed by atoms with Crippen molar-refractivity contribution in [1.29, 1.82) is 0 Å². The highest BCUT2D eigenvalue weighted by Crippen LogP contribution is 2.29. The molecular formula is C21H27BrN4O5. The minimum Gasteiger partial charge on any atom is -0.463 e. The van der Waals surface area contributed by atoms with Crippen molar-refractivity contribution >= 4 is 34.0 Å². The average molecular weight is 495 g/mol. The van der Waals surface area contributed by atoms with Gasteiger partial charge in [-0.3, -0.25) is 4.90 Å². The molecule has 0 radical (unpaired) electrons. The van der Waals surface area contributed by atoms with E-state index in [9.17, 15) is 14.4 Å². The Balaban J connectivity index is 1.83. The van der Waals surface area contributed by atoms with Gasteiger partial charge >= 0.3 is 18.1 Å². The second-order valence-electron chi connectivity index (χ2n) is 7.16. The van der Waals surface area contributed by atoms with Crippen LogP contribution in [0.2, 0.25) is 0 Å². The van der Waals surface area contributed by atoms with Gasteiger partial charge in [-0.25, -0.2) is 14.4 Å². The largest absolute Gasteiger partial charge is 0.463 e. The van der Waals surface area contributed by atoms with Crippen molar-refractivity contribution < 1.29 is 23.9 Å². The summed E-state index contributed by atoms with van der Waals surface area (Å²) in [7, 11) is 0. The second kappa shape index (κ2) is 10.6. The Kier molecular flexibility index (Phi) is 7.91. The number of halogens is 1. The lowest BCUT2D eigenvalue weighted by Gasteiger charge is -2.36. The molecule has 0 aliphatic carbocycles. The van der Waals surface area contributed by atoms with E-state index < -0.39 is 12.0 Å². The van der Waals surface area contributed by atoms with Gasteiger partial charge in [-0.05, 0) is 31.5 Å². The number of nitrogens with zero attached hydrogens (tertiary/aromatic N) is 2. The summed E-state index contributed by atoms with van der Waals surface area (Å²) in [6.07, 6.45) is -0.321. The predicted molar refractivity (Wildman–Crippen MR) is 117 cm³/mol. The van der Waals surface area contributed by atoms with Crippen LogP contribution in [-0.4, -0.2) is 73.8 Å². The van der Waals surface area contributed by atoms with E-state index in [-0.39, 0.29) is 18.7 Å². The smallest absolute Gasteiger partial charge is 0.409 e. The zero-order chi connectivity index (χ0) is 22.4. The molecule has 1 aromatic carbocycles. The molecule has 9 nitrogen and oxygen atoms in total. The summed E-state index contributed by atoms with van der Waals surface area (Å²) in [5.74, 6) is -0.472. The molecule has 0 unspecified atom stereocenters. The Bertz CT molecular complexity index is 867. The maximum atomic E-state index is 12.9. The van der Waals surface area contributed by atoms with Crippen LogP contribution in [0.4, 0.5) is 9.59 Å². The number of hydrogen-bond donors (Lipinski definition) is 2. The fourth-order valence-corrected chi connectivity index (χ4v) is 4.07. The number of ether oxygens (including phenoxy) is 2. The molecule has 3 amide bonds. The topological polar surface area (TPSA) is 100 Å². The van der Waals surface area contributed by atoms with E-state index in [0.29, 0.717) is 50.6 Å². The first kappa shape index (κ1) is 23.1. The Morgan fingerprint density at radius 3 is 2.48 bits per heavy atom. The first-order chi connectivity index (χ1) is 14.9. The predicted octanol–water partition coefficient (Wildman–Crippen LogP) is 2.39. The van der Waals surface area contributed by atoms with Crippen molar-refractivity contribution in [1.82, 2.24) is 20.4 Å². The summed E-state index contributed by atoms with van der Waals surface area (Å²) in [6.45, 7) is 6.69. The van der Waals surface area contributed by atoms with Crippen LogP contribution >= 0.6 is 15.9 Å². The Morgan fingerprint density at radius 2 is 1.84 bits per heavy atom. The molecule has 0 aromatic heterocycles. The van der Waals surface area contributed by atoms with Gasteiger partial charge in [0.15, 0.2) is 0 Å². The van der Waals surface area contributed by atoms with Gasteiger partial charge in [-0.2, -0.15) is 0 Å². The lowest BCUT2D eigenvalue weighted by atomic mass is 9.95. The number of piperazine rings is 1. The molecule has 1 aromatic rings. The van der Waals surface area contributed by atoms with Crippen molar-refractivity contribution in [3.63, 3.8) is 0 Å². The highest BCUT2D eigenvalue weighted by Gasteiger charge is 2.35. The van der Waals surface area contributed by atoms with Crippen LogP contribution in [0.25, 0.3) is 0 Å². The third-order valence-electron chi connectivity index (χ3n) is 5.11. The molecule has 2 aliphatic rings. The minimum absolute atomic E-state index is 0.229. The summed E-state index contributed by atoms with van der Waals surface area (Å²) >= 11 is 3.44. The number of urea groups is 1. The van der Waals surface area contributed by atoms with E-state index in [0.717, 1.165) is 10.0 Å². The van der Waals surface area contributed by atoms with Crippen LogP contribution in [0.3, 0.4) is 0 Å². The van der Waals surface area contributed by atoms with E-state index >= 15 is 0 Å². The van der Waals surface area contributed by atoms with Crippen molar-refractivity contribution in [2.24, 2.45) is 0 Å². The highest BCUT2D eigenvalue weighted by molar-refractivity contribution is 9.10. The highest BCUT2D eigenvalue weighted by atomic mass is 79.9. The molecule has 0 bridgehead atoms. The molecule has 2 N–H and O–H groups in total. The van der Waals surface area contributed by atoms with Gasteiger partial charge in [-0.1, -0.05) is 28.1 Å². The molecule has 3 rings (SSSR count). The number of rotatable bonds is 6. The maximum Gasteiger partial charge on any atom is 0.409 e. The summed E-state index contributed by atoms with van der Waals surface area (Å²) in [6, 6.07) is 6.45. The standard InChI is InChI=1S/C21H27BrN4O5/c1-3-30-19(27)17-16(13-25-8-10-26(11-9-25)21(29)31-4-2)23-20(28)24-18(17)14-6-5-7-15(22)12-14/h5-7,12,18H,3-4,8-11,13H2,1-2H3,(H2,23,24,28)/t18-/m0/s1. The third kappa shape index (κ3) is 5.76. The van der Waals surface area contributed by atoms with Crippen LogP contribution in [0, 0.1) is 0 Å². The van der Waals surface area contributed by atoms with E-state index in [1.807, 2.05) is 24.3 Å². The van der Waals surface area contributed by atoms with Gasteiger partial charge in [0.1, 0.15) is 0 Å². The van der Waals surface area contributed by atoms with Crippen LogP contribution in [0.15, 0.2) is 40.0 Å². The molecule has 168 valence electrons. The lowest BCUT2D eigenvalue weighted by molar-refractivity contribution is -0.139. The Hall–Kier alpha value is -2.59. The maximum absolute atomic E-state index is 12.9. The number of hydrogen-bond acceptors (Lipinski definition) is 6. The van der Waals surface area contributed by atoms with Crippen LogP contribution in [-0.2, 0) is 14.3 Å². The van der Waals surface area contributed by atoms with E-state index in [1.165, 1.54) is 0 Å². The van der Waals surface area contributed by atoms with Crippen LogP contribution < -0.4 is 10.6 Å². The summed E-state index contributed by atoms with van der Waals surface area (Å²) in [5.41, 5.74) is 1.67. The molecular weight excluding hydrogens is 468 g/mol. The Labute approximate surface area is 189 Å². The number of amides is 3. The molecule has 2 heterocycles. The molecule has 0 saturated carbocycles. The fraction of sp³-hybridized carbons (Fsp3) is 0.476. The summed E-state index contributed by atoms with van der Waals surface area (Å²) < 4.78 is 11.2. The molecule has 31 heavy (non-hydrogen) atoms. The van der Waals surface area contributed by atoms with Crippen molar-refractivity contribution in [2.45, 2.75) is 19.9 Å². The molecule has 0 spiro atoms. The molecule has 2 aliphatic heterocycles. The van der Waals surface area contributed by atoms with Gasteiger partial charge in [-0.15, -0.1) is 0 Å². The van der Waals surface area contributed by atoms with Gasteiger partial charge in [0, 0.05) is 42.9 Å². The number of carbonyl (C=O) groups excluding carboxylic acids is 3. The van der Waals surface area contributed by atoms with Crippen molar-refractivity contribution in [3.8, 4) is 0 Å². The molecule has 1 fully saturated rings. The zero-order valence-corrected chi connectivity index (χ0v) is 19.2. The minimum atomic E-state index is -0.624. The van der Waals surface area contributed by atoms with E-state index in [2.05, 4.69) is 31.5 Å². The fourth-order valence-electron chi connectivity index (χ4n) is 3.66. The first-order valence-electron chi connectivity index (χ1n) is 10.3. The molecule has 1 atom stereocenters. The quantitative estimate of drug-likeness (QED) is 0.588. The monoisotopic (exact) mass is 494 g/mol. The van der Waals surface area contributed by atoms with Crippen LogP contribution in [0.5, 0.6) is 0 Å². The lowest BCUT2D eigenvalue weighted by Crippen LogP contribution is -2.52. The van der Waals surface area contributed by atoms with Gasteiger partial charge in [0.25, 0.3) is 0 Å². The Morgan fingerprint density at radius 1 is 1.13 bits per heavy atom. The second-order valence-corrected chi connectivity index (χ2v) is 8.08. The van der Waals surface area contributed by atoms with Crippen molar-refractivity contribution in [2.75, 3.05) is 45.9 Å². The number of benzene rings is 1. The van der Waals surface area contributed by atoms with Gasteiger partial charge < -0.3 is 25.0 Å². The first-order valence-corrected chi connectivity index (χ1v) is 11.1. The van der Waals surface area contributed by atoms with Crippen LogP contribution in [0.1, 0.15) is 25.5 Å². The normalized spacial score (nSPS) is 19.5. The SMILES string of the molecule is CCOC(=O)C1=C(CN2CCN(C(=O)OCC)CC2)NC(=O)N[C@H]1c1cccc(Br)c1. The summed E-state index contributed by atoms with van der Waals surface area (Å²) in [5, 5.41) is 5.63. The average Bonchev–Trinajstić information content (AvgIpc) is 2.74. The summed E-state index contributed by atoms with van der Waals surface area (Å²) in [4.78, 5) is 41.0. The van der Waals surface area contributed by atoms with E-state index in [1.54, 1.807) is 18.7 Å². The molecule has 1 saturated heterocycles. The zero-order valence-electron chi connectivity index (χ0n) is 17.7. The van der Waals surface area contributed by atoms with Gasteiger partial charge in [0.2, 0.25) is 0 Å². The third-order valence-corrected chi connectivity index (χ3v) is 5.60. The number of esters is 1. The van der Waals surface area contributed by atoms with Crippen molar-refractivity contribution in [3.05, 3.63) is 45.6 Å². The number of nitrogens with one attached hydrogen (secondary N) is 2. The van der Waals surface area contributed by atoms with Gasteiger partial charge in [0.05, 0.1) is 24.8 Å². The molecule has 10 heteroatoms. The number of carbonyl (C=O) groups is 3.